The van der Waals surface area contributed by atoms with Gasteiger partial charge in [-0.15, -0.1) is 0 Å². The van der Waals surface area contributed by atoms with E-state index in [1.807, 2.05) is 47.1 Å². The summed E-state index contributed by atoms with van der Waals surface area (Å²) in [6.45, 7) is 4.32. The van der Waals surface area contributed by atoms with Crippen LogP contribution in [0.5, 0.6) is 0 Å². The Balaban J connectivity index is 1.93. The lowest BCUT2D eigenvalue weighted by Gasteiger charge is -2.10. The molecule has 3 aromatic rings. The monoisotopic (exact) mass is 266 g/mol. The third-order valence-electron chi connectivity index (χ3n) is 3.58. The Hall–Kier alpha value is -2.13. The maximum atomic E-state index is 10.4. The minimum absolute atomic E-state index is 0.497. The Labute approximate surface area is 118 Å². The summed E-state index contributed by atoms with van der Waals surface area (Å²) < 4.78 is 1.92. The molecule has 0 aliphatic heterocycles. The summed E-state index contributed by atoms with van der Waals surface area (Å²) in [5.74, 6) is 0.497. The molecule has 1 aromatic carbocycles. The Morgan fingerprint density at radius 1 is 1.00 bits per heavy atom. The minimum atomic E-state index is -0.684. The molecule has 1 atom stereocenters. The number of fused-ring (bicyclic) bond motifs is 1. The van der Waals surface area contributed by atoms with Crippen LogP contribution in [0.15, 0.2) is 54.9 Å². The van der Waals surface area contributed by atoms with Gasteiger partial charge < -0.3 is 9.51 Å². The van der Waals surface area contributed by atoms with E-state index in [1.54, 1.807) is 0 Å². The molecule has 0 radical (unpaired) electrons. The largest absolute Gasteiger partial charge is 0.382 e. The van der Waals surface area contributed by atoms with Crippen LogP contribution in [0.25, 0.3) is 5.65 Å². The summed E-state index contributed by atoms with van der Waals surface area (Å²) in [7, 11) is 0. The predicted octanol–water partition coefficient (Wildman–Crippen LogP) is 3.54. The van der Waals surface area contributed by atoms with Crippen molar-refractivity contribution < 1.29 is 5.11 Å². The van der Waals surface area contributed by atoms with Crippen LogP contribution in [0.2, 0.25) is 0 Å². The standard InChI is InChI=1S/C17H18N2O/c1-12(2)13-6-8-14(9-7-13)17(20)15-11-19-10-4-3-5-16(19)18-15/h3-12,17,20H,1-2H3. The van der Waals surface area contributed by atoms with Gasteiger partial charge in [-0.2, -0.15) is 0 Å². The third kappa shape index (κ3) is 2.32. The van der Waals surface area contributed by atoms with Crippen molar-refractivity contribution in [2.75, 3.05) is 0 Å². The van der Waals surface area contributed by atoms with Gasteiger partial charge in [0, 0.05) is 12.4 Å². The van der Waals surface area contributed by atoms with E-state index in [0.717, 1.165) is 11.2 Å². The van der Waals surface area contributed by atoms with E-state index in [-0.39, 0.29) is 0 Å². The Morgan fingerprint density at radius 2 is 1.70 bits per heavy atom. The van der Waals surface area contributed by atoms with Crippen molar-refractivity contribution in [3.63, 3.8) is 0 Å². The molecule has 1 unspecified atom stereocenters. The van der Waals surface area contributed by atoms with Crippen LogP contribution < -0.4 is 0 Å². The first kappa shape index (κ1) is 12.9. The lowest BCUT2D eigenvalue weighted by atomic mass is 9.99. The molecule has 2 heterocycles. The van der Waals surface area contributed by atoms with Crippen LogP contribution in [0.1, 0.15) is 42.7 Å². The number of imidazole rings is 1. The first-order valence-electron chi connectivity index (χ1n) is 6.86. The second-order valence-electron chi connectivity index (χ2n) is 5.36. The summed E-state index contributed by atoms with van der Waals surface area (Å²) >= 11 is 0. The van der Waals surface area contributed by atoms with Gasteiger partial charge in [0.1, 0.15) is 11.8 Å². The van der Waals surface area contributed by atoms with Crippen molar-refractivity contribution in [2.45, 2.75) is 25.9 Å². The van der Waals surface area contributed by atoms with Gasteiger partial charge in [-0.25, -0.2) is 4.98 Å². The molecule has 2 aromatic heterocycles. The summed E-state index contributed by atoms with van der Waals surface area (Å²) in [6.07, 6.45) is 3.12. The highest BCUT2D eigenvalue weighted by Crippen LogP contribution is 2.23. The van der Waals surface area contributed by atoms with E-state index in [1.165, 1.54) is 5.56 Å². The number of benzene rings is 1. The molecule has 1 N–H and O–H groups in total. The predicted molar refractivity (Wildman–Crippen MR) is 79.8 cm³/mol. The number of aliphatic hydroxyl groups excluding tert-OH is 1. The van der Waals surface area contributed by atoms with Crippen LogP contribution in [0, 0.1) is 0 Å². The topological polar surface area (TPSA) is 37.5 Å². The number of nitrogens with zero attached hydrogens (tertiary/aromatic N) is 2. The highest BCUT2D eigenvalue weighted by Gasteiger charge is 2.14. The number of hydrogen-bond acceptors (Lipinski definition) is 2. The molecule has 0 aliphatic rings. The summed E-state index contributed by atoms with van der Waals surface area (Å²) in [5.41, 5.74) is 3.67. The fourth-order valence-electron chi connectivity index (χ4n) is 2.32. The normalized spacial score (nSPS) is 13.0. The second kappa shape index (κ2) is 5.10. The van der Waals surface area contributed by atoms with Crippen LogP contribution in [0.4, 0.5) is 0 Å². The van der Waals surface area contributed by atoms with Gasteiger partial charge in [-0.05, 0) is 29.2 Å². The highest BCUT2D eigenvalue weighted by molar-refractivity contribution is 5.41. The van der Waals surface area contributed by atoms with Gasteiger partial charge >= 0.3 is 0 Å². The minimum Gasteiger partial charge on any atom is -0.382 e. The average molecular weight is 266 g/mol. The molecule has 0 aliphatic carbocycles. The van der Waals surface area contributed by atoms with Crippen LogP contribution >= 0.6 is 0 Å². The lowest BCUT2D eigenvalue weighted by molar-refractivity contribution is 0.216. The first-order valence-corrected chi connectivity index (χ1v) is 6.86. The molecule has 0 amide bonds. The molecule has 0 saturated carbocycles. The van der Waals surface area contributed by atoms with Crippen molar-refractivity contribution in [2.24, 2.45) is 0 Å². The Kier molecular flexibility index (Phi) is 3.28. The zero-order valence-electron chi connectivity index (χ0n) is 11.7. The van der Waals surface area contributed by atoms with Gasteiger partial charge in [-0.1, -0.05) is 44.2 Å². The molecule has 3 rings (SSSR count). The number of hydrogen-bond donors (Lipinski definition) is 1. The first-order chi connectivity index (χ1) is 9.65. The summed E-state index contributed by atoms with van der Waals surface area (Å²) in [4.78, 5) is 4.46. The zero-order chi connectivity index (χ0) is 14.1. The molecule has 0 saturated heterocycles. The van der Waals surface area contributed by atoms with Crippen molar-refractivity contribution in [1.29, 1.82) is 0 Å². The van der Waals surface area contributed by atoms with E-state index >= 15 is 0 Å². The number of aromatic nitrogens is 2. The number of rotatable bonds is 3. The number of pyridine rings is 1. The van der Waals surface area contributed by atoms with Crippen LogP contribution in [-0.4, -0.2) is 14.5 Å². The molecule has 0 spiro atoms. The molecule has 20 heavy (non-hydrogen) atoms. The van der Waals surface area contributed by atoms with Crippen molar-refractivity contribution in [3.05, 3.63) is 71.7 Å². The molecule has 3 heteroatoms. The van der Waals surface area contributed by atoms with Crippen LogP contribution in [0.3, 0.4) is 0 Å². The maximum absolute atomic E-state index is 10.4. The SMILES string of the molecule is CC(C)c1ccc(C(O)c2cn3ccccc3n2)cc1. The molecule has 0 fully saturated rings. The second-order valence-corrected chi connectivity index (χ2v) is 5.36. The van der Waals surface area contributed by atoms with Gasteiger partial charge in [0.2, 0.25) is 0 Å². The molecule has 3 nitrogen and oxygen atoms in total. The molecular weight excluding hydrogens is 248 g/mol. The maximum Gasteiger partial charge on any atom is 0.137 e. The average Bonchev–Trinajstić information content (AvgIpc) is 2.90. The fourth-order valence-corrected chi connectivity index (χ4v) is 2.32. The van der Waals surface area contributed by atoms with Gasteiger partial charge in [0.15, 0.2) is 0 Å². The Bertz CT molecular complexity index is 680. The number of aliphatic hydroxyl groups is 1. The van der Waals surface area contributed by atoms with E-state index in [0.29, 0.717) is 11.6 Å². The molecule has 0 bridgehead atoms. The zero-order valence-corrected chi connectivity index (χ0v) is 11.7. The van der Waals surface area contributed by atoms with Crippen molar-refractivity contribution >= 4 is 5.65 Å². The van der Waals surface area contributed by atoms with Crippen molar-refractivity contribution in [3.8, 4) is 0 Å². The van der Waals surface area contributed by atoms with E-state index in [9.17, 15) is 5.11 Å². The quantitative estimate of drug-likeness (QED) is 0.787. The van der Waals surface area contributed by atoms with Crippen LogP contribution in [-0.2, 0) is 0 Å². The van der Waals surface area contributed by atoms with Gasteiger partial charge in [0.25, 0.3) is 0 Å². The Morgan fingerprint density at radius 3 is 2.35 bits per heavy atom. The molecule has 102 valence electrons. The van der Waals surface area contributed by atoms with E-state index in [2.05, 4.69) is 31.0 Å². The van der Waals surface area contributed by atoms with Gasteiger partial charge in [0.05, 0.1) is 5.69 Å². The third-order valence-corrected chi connectivity index (χ3v) is 3.58. The highest BCUT2D eigenvalue weighted by atomic mass is 16.3. The lowest BCUT2D eigenvalue weighted by Crippen LogP contribution is -2.00. The van der Waals surface area contributed by atoms with Gasteiger partial charge in [-0.3, -0.25) is 0 Å². The summed E-state index contributed by atoms with van der Waals surface area (Å²) in [6, 6.07) is 13.9. The van der Waals surface area contributed by atoms with Crippen molar-refractivity contribution in [1.82, 2.24) is 9.38 Å². The van der Waals surface area contributed by atoms with E-state index < -0.39 is 6.10 Å². The fraction of sp³-hybridized carbons (Fsp3) is 0.235. The smallest absolute Gasteiger partial charge is 0.137 e. The summed E-state index contributed by atoms with van der Waals surface area (Å²) in [5, 5.41) is 10.4. The molecular formula is C17H18N2O. The van der Waals surface area contributed by atoms with E-state index in [4.69, 9.17) is 0 Å².